The molecule has 110 valence electrons. The van der Waals surface area contributed by atoms with Gasteiger partial charge in [-0.2, -0.15) is 0 Å². The van der Waals surface area contributed by atoms with E-state index < -0.39 is 15.7 Å². The lowest BCUT2D eigenvalue weighted by molar-refractivity contribution is 0.0999. The maximum atomic E-state index is 12.5. The summed E-state index contributed by atoms with van der Waals surface area (Å²) in [6.45, 7) is 1.70. The Morgan fingerprint density at radius 3 is 2.48 bits per heavy atom. The lowest BCUT2D eigenvalue weighted by atomic mass is 10.1. The van der Waals surface area contributed by atoms with Gasteiger partial charge in [0.1, 0.15) is 0 Å². The Labute approximate surface area is 123 Å². The van der Waals surface area contributed by atoms with E-state index in [-0.39, 0.29) is 16.2 Å². The Morgan fingerprint density at radius 1 is 1.14 bits per heavy atom. The number of aryl methyl sites for hydroxylation is 1. The average molecular weight is 304 g/mol. The van der Waals surface area contributed by atoms with E-state index in [9.17, 15) is 13.2 Å². The number of amides is 1. The third kappa shape index (κ3) is 3.22. The molecule has 1 amide bonds. The van der Waals surface area contributed by atoms with Crippen LogP contribution in [0.25, 0.3) is 0 Å². The zero-order valence-electron chi connectivity index (χ0n) is 11.5. The molecule has 0 bridgehead atoms. The zero-order chi connectivity index (χ0) is 15.6. The summed E-state index contributed by atoms with van der Waals surface area (Å²) >= 11 is 0. The van der Waals surface area contributed by atoms with Gasteiger partial charge in [0.05, 0.1) is 10.6 Å². The summed E-state index contributed by atoms with van der Waals surface area (Å²) in [5, 5.41) is 0. The summed E-state index contributed by atoms with van der Waals surface area (Å²) < 4.78 is 25.1. The highest BCUT2D eigenvalue weighted by molar-refractivity contribution is 7.90. The van der Waals surface area contributed by atoms with Gasteiger partial charge in [-0.05, 0) is 36.2 Å². The molecule has 0 saturated heterocycles. The second-order valence-corrected chi connectivity index (χ2v) is 6.76. The van der Waals surface area contributed by atoms with E-state index in [1.807, 2.05) is 0 Å². The smallest absolute Gasteiger partial charge is 0.249 e. The molecule has 5 nitrogen and oxygen atoms in total. The molecule has 0 aromatic heterocycles. The first-order valence-corrected chi connectivity index (χ1v) is 7.93. The van der Waals surface area contributed by atoms with Gasteiger partial charge in [0.2, 0.25) is 5.91 Å². The van der Waals surface area contributed by atoms with Crippen molar-refractivity contribution in [3.05, 3.63) is 59.2 Å². The Hall–Kier alpha value is -2.34. The van der Waals surface area contributed by atoms with E-state index in [2.05, 4.69) is 0 Å². The van der Waals surface area contributed by atoms with Crippen LogP contribution in [0.1, 0.15) is 21.5 Å². The van der Waals surface area contributed by atoms with Gasteiger partial charge in [-0.3, -0.25) is 4.79 Å². The fourth-order valence-electron chi connectivity index (χ4n) is 2.12. The van der Waals surface area contributed by atoms with Crippen LogP contribution in [0.5, 0.6) is 0 Å². The van der Waals surface area contributed by atoms with Gasteiger partial charge in [0.15, 0.2) is 9.84 Å². The number of rotatable bonds is 4. The molecular formula is C15H16N2O3S. The second-order valence-electron chi connectivity index (χ2n) is 4.81. The van der Waals surface area contributed by atoms with Crippen molar-refractivity contribution in [3.8, 4) is 0 Å². The van der Waals surface area contributed by atoms with Crippen molar-refractivity contribution in [2.24, 2.45) is 5.73 Å². The fraction of sp³-hybridized carbons (Fsp3) is 0.133. The molecule has 2 rings (SSSR count). The van der Waals surface area contributed by atoms with E-state index in [0.29, 0.717) is 16.8 Å². The molecule has 21 heavy (non-hydrogen) atoms. The third-order valence-corrected chi connectivity index (χ3v) is 4.98. The van der Waals surface area contributed by atoms with Gasteiger partial charge in [0, 0.05) is 11.3 Å². The van der Waals surface area contributed by atoms with E-state index in [1.54, 1.807) is 37.3 Å². The van der Waals surface area contributed by atoms with Gasteiger partial charge in [-0.15, -0.1) is 0 Å². The predicted octanol–water partition coefficient (Wildman–Crippen LogP) is 1.65. The zero-order valence-corrected chi connectivity index (χ0v) is 12.4. The summed E-state index contributed by atoms with van der Waals surface area (Å²) in [5.74, 6) is -0.943. The van der Waals surface area contributed by atoms with Crippen molar-refractivity contribution >= 4 is 21.4 Å². The molecule has 6 heteroatoms. The Bertz CT molecular complexity index is 798. The van der Waals surface area contributed by atoms with Gasteiger partial charge in [0.25, 0.3) is 0 Å². The summed E-state index contributed by atoms with van der Waals surface area (Å²) in [6, 6.07) is 11.1. The quantitative estimate of drug-likeness (QED) is 0.838. The fourth-order valence-corrected chi connectivity index (χ4v) is 3.81. The predicted molar refractivity (Wildman–Crippen MR) is 81.4 cm³/mol. The van der Waals surface area contributed by atoms with Gasteiger partial charge in [-0.25, -0.2) is 8.42 Å². The first kappa shape index (κ1) is 15.1. The molecule has 2 aromatic rings. The van der Waals surface area contributed by atoms with Crippen LogP contribution in [-0.4, -0.2) is 14.3 Å². The van der Waals surface area contributed by atoms with Crippen molar-refractivity contribution in [2.45, 2.75) is 17.6 Å². The van der Waals surface area contributed by atoms with Gasteiger partial charge >= 0.3 is 0 Å². The molecule has 2 aromatic carbocycles. The summed E-state index contributed by atoms with van der Waals surface area (Å²) in [7, 11) is -3.61. The van der Waals surface area contributed by atoms with Gasteiger partial charge in [-0.1, -0.05) is 24.3 Å². The first-order valence-electron chi connectivity index (χ1n) is 6.28. The van der Waals surface area contributed by atoms with Crippen molar-refractivity contribution in [2.75, 3.05) is 5.73 Å². The highest BCUT2D eigenvalue weighted by Crippen LogP contribution is 2.23. The van der Waals surface area contributed by atoms with E-state index in [1.165, 1.54) is 12.1 Å². The van der Waals surface area contributed by atoms with Crippen molar-refractivity contribution < 1.29 is 13.2 Å². The molecule has 4 N–H and O–H groups in total. The molecule has 0 radical (unpaired) electrons. The van der Waals surface area contributed by atoms with E-state index in [0.717, 1.165) is 0 Å². The van der Waals surface area contributed by atoms with Crippen molar-refractivity contribution in [1.29, 1.82) is 0 Å². The third-order valence-electron chi connectivity index (χ3n) is 3.18. The largest absolute Gasteiger partial charge is 0.399 e. The second kappa shape index (κ2) is 5.57. The maximum absolute atomic E-state index is 12.5. The van der Waals surface area contributed by atoms with Gasteiger partial charge < -0.3 is 11.5 Å². The number of anilines is 1. The number of carbonyl (C=O) groups is 1. The van der Waals surface area contributed by atoms with Crippen LogP contribution in [0.3, 0.4) is 0 Å². The van der Waals surface area contributed by atoms with Crippen LogP contribution in [0.15, 0.2) is 47.4 Å². The number of sulfone groups is 1. The normalized spacial score (nSPS) is 11.3. The molecule has 0 atom stereocenters. The number of primary amides is 1. The minimum absolute atomic E-state index is 0.168. The number of benzene rings is 2. The molecule has 0 aliphatic carbocycles. The number of nitrogens with two attached hydrogens (primary N) is 2. The summed E-state index contributed by atoms with van der Waals surface area (Å²) in [4.78, 5) is 11.5. The van der Waals surface area contributed by atoms with Crippen LogP contribution in [0.2, 0.25) is 0 Å². The molecule has 0 fully saturated rings. The summed E-state index contributed by atoms with van der Waals surface area (Å²) in [6.07, 6.45) is 0. The van der Waals surface area contributed by atoms with Crippen LogP contribution in [-0.2, 0) is 15.6 Å². The Kier molecular flexibility index (Phi) is 3.99. The number of hydrogen-bond donors (Lipinski definition) is 2. The van der Waals surface area contributed by atoms with Crippen molar-refractivity contribution in [3.63, 3.8) is 0 Å². The molecular weight excluding hydrogens is 288 g/mol. The lowest BCUT2D eigenvalue weighted by Crippen LogP contribution is -2.16. The summed E-state index contributed by atoms with van der Waals surface area (Å²) in [5.41, 5.74) is 12.5. The maximum Gasteiger partial charge on any atom is 0.249 e. The van der Waals surface area contributed by atoms with Crippen LogP contribution >= 0.6 is 0 Å². The van der Waals surface area contributed by atoms with Crippen LogP contribution in [0.4, 0.5) is 5.69 Å². The molecule has 0 heterocycles. The topological polar surface area (TPSA) is 103 Å². The molecule has 0 aliphatic heterocycles. The SMILES string of the molecule is Cc1ccc(N)cc1S(=O)(=O)Cc1ccccc1C(N)=O. The monoisotopic (exact) mass is 304 g/mol. The Balaban J connectivity index is 2.48. The van der Waals surface area contributed by atoms with Crippen molar-refractivity contribution in [1.82, 2.24) is 0 Å². The highest BCUT2D eigenvalue weighted by Gasteiger charge is 2.20. The molecule has 0 unspecified atom stereocenters. The lowest BCUT2D eigenvalue weighted by Gasteiger charge is -2.10. The molecule has 0 spiro atoms. The number of hydrogen-bond acceptors (Lipinski definition) is 4. The van der Waals surface area contributed by atoms with Crippen LogP contribution in [0, 0.1) is 6.92 Å². The number of carbonyl (C=O) groups excluding carboxylic acids is 1. The minimum atomic E-state index is -3.61. The minimum Gasteiger partial charge on any atom is -0.399 e. The molecule has 0 saturated carbocycles. The van der Waals surface area contributed by atoms with E-state index >= 15 is 0 Å². The first-order chi connectivity index (χ1) is 9.81. The van der Waals surface area contributed by atoms with E-state index in [4.69, 9.17) is 11.5 Å². The number of nitrogen functional groups attached to an aromatic ring is 1. The Morgan fingerprint density at radius 2 is 1.81 bits per heavy atom. The average Bonchev–Trinajstić information content (AvgIpc) is 2.41. The molecule has 0 aliphatic rings. The standard InChI is InChI=1S/C15H16N2O3S/c1-10-6-7-12(16)8-14(10)21(19,20)9-11-4-2-3-5-13(11)15(17)18/h2-8H,9,16H2,1H3,(H2,17,18). The highest BCUT2D eigenvalue weighted by atomic mass is 32.2. The van der Waals surface area contributed by atoms with Crippen LogP contribution < -0.4 is 11.5 Å².